The van der Waals surface area contributed by atoms with Gasteiger partial charge >= 0.3 is 0 Å². The second kappa shape index (κ2) is 12.6. The number of carbonyl (C=O) groups is 4. The molecule has 0 bridgehead atoms. The third kappa shape index (κ3) is 5.09. The molecule has 2 N–H and O–H groups in total. The van der Waals surface area contributed by atoms with E-state index in [0.29, 0.717) is 21.7 Å². The Morgan fingerprint density at radius 1 is 0.925 bits per heavy atom. The Morgan fingerprint density at radius 2 is 1.62 bits per heavy atom. The normalized spacial score (nSPS) is 26.2. The Morgan fingerprint density at radius 3 is 2.26 bits per heavy atom. The molecule has 0 aromatic heterocycles. The second-order valence-corrected chi connectivity index (χ2v) is 14.0. The molecule has 8 rings (SSSR count). The molecule has 0 spiro atoms. The van der Waals surface area contributed by atoms with E-state index in [2.05, 4.69) is 5.43 Å². The van der Waals surface area contributed by atoms with Crippen LogP contribution >= 0.6 is 11.6 Å². The van der Waals surface area contributed by atoms with Crippen LogP contribution in [0, 0.1) is 39.6 Å². The monoisotopic (exact) mass is 736 g/mol. The summed E-state index contributed by atoms with van der Waals surface area (Å²) in [6.45, 7) is 0. The second-order valence-electron chi connectivity index (χ2n) is 13.6. The molecule has 4 amide bonds. The van der Waals surface area contributed by atoms with Crippen LogP contribution < -0.4 is 15.1 Å². The lowest BCUT2D eigenvalue weighted by Gasteiger charge is -2.50. The smallest absolute Gasteiger partial charge is 0.269 e. The highest BCUT2D eigenvalue weighted by Crippen LogP contribution is 2.64. The van der Waals surface area contributed by atoms with Gasteiger partial charge in [-0.25, -0.2) is 4.39 Å². The summed E-state index contributed by atoms with van der Waals surface area (Å²) in [5, 5.41) is 23.7. The number of imide groups is 2. The third-order valence-corrected chi connectivity index (χ3v) is 11.4. The van der Waals surface area contributed by atoms with Crippen LogP contribution in [0.5, 0.6) is 11.5 Å². The average molecular weight is 737 g/mol. The van der Waals surface area contributed by atoms with Gasteiger partial charge in [0.05, 0.1) is 46.6 Å². The van der Waals surface area contributed by atoms with Gasteiger partial charge in [0, 0.05) is 23.1 Å². The first-order valence-corrected chi connectivity index (χ1v) is 17.2. The molecule has 12 nitrogen and oxygen atoms in total. The maximum atomic E-state index is 15.2. The van der Waals surface area contributed by atoms with Crippen LogP contribution in [0.1, 0.15) is 29.9 Å². The molecule has 2 saturated heterocycles. The molecule has 6 atom stereocenters. The number of nitro benzene ring substituents is 1. The fourth-order valence-electron chi connectivity index (χ4n) is 8.89. The van der Waals surface area contributed by atoms with Crippen molar-refractivity contribution in [1.82, 2.24) is 5.01 Å². The number of amides is 4. The van der Waals surface area contributed by atoms with E-state index in [-0.39, 0.29) is 41.4 Å². The van der Waals surface area contributed by atoms with Crippen molar-refractivity contribution in [3.8, 4) is 11.5 Å². The van der Waals surface area contributed by atoms with Gasteiger partial charge in [-0.2, -0.15) is 5.01 Å². The first kappa shape index (κ1) is 34.0. The van der Waals surface area contributed by atoms with Gasteiger partial charge in [-0.15, -0.1) is 0 Å². The van der Waals surface area contributed by atoms with Gasteiger partial charge in [-0.05, 0) is 90.6 Å². The zero-order valence-electron chi connectivity index (χ0n) is 27.9. The van der Waals surface area contributed by atoms with Crippen molar-refractivity contribution in [2.75, 3.05) is 17.4 Å². The van der Waals surface area contributed by atoms with Gasteiger partial charge in [-0.3, -0.25) is 39.6 Å². The highest BCUT2D eigenvalue weighted by molar-refractivity contribution is 6.30. The van der Waals surface area contributed by atoms with Crippen molar-refractivity contribution in [1.29, 1.82) is 0 Å². The molecule has 3 fully saturated rings. The van der Waals surface area contributed by atoms with E-state index in [1.165, 1.54) is 61.7 Å². The number of ether oxygens (including phenoxy) is 1. The number of phenolic OH excluding ortho intramolecular Hbond substituents is 1. The Bertz CT molecular complexity index is 2250. The van der Waals surface area contributed by atoms with Crippen molar-refractivity contribution < 1.29 is 38.3 Å². The average Bonchev–Trinajstić information content (AvgIpc) is 3.53. The third-order valence-electron chi connectivity index (χ3n) is 11.1. The number of nitrogens with one attached hydrogen (secondary N) is 1. The molecule has 4 aromatic carbocycles. The summed E-state index contributed by atoms with van der Waals surface area (Å²) >= 11 is 6.33. The number of anilines is 2. The zero-order valence-corrected chi connectivity index (χ0v) is 28.7. The number of methoxy groups -OCH3 is 1. The summed E-state index contributed by atoms with van der Waals surface area (Å²) in [6.07, 6.45) is 2.02. The lowest BCUT2D eigenvalue weighted by atomic mass is 9.49. The van der Waals surface area contributed by atoms with E-state index in [4.69, 9.17) is 16.3 Å². The number of phenols is 1. The van der Waals surface area contributed by atoms with E-state index in [1.807, 2.05) is 6.08 Å². The van der Waals surface area contributed by atoms with Crippen LogP contribution in [0.2, 0.25) is 5.02 Å². The predicted molar refractivity (Wildman–Crippen MR) is 189 cm³/mol. The molecule has 4 aliphatic rings. The van der Waals surface area contributed by atoms with Crippen LogP contribution in [0.3, 0.4) is 0 Å². The maximum Gasteiger partial charge on any atom is 0.269 e. The van der Waals surface area contributed by atoms with Crippen LogP contribution in [0.25, 0.3) is 0 Å². The molecule has 268 valence electrons. The topological polar surface area (TPSA) is 159 Å². The molecule has 2 heterocycles. The number of nitrogens with zero attached hydrogens (tertiary/aromatic N) is 3. The van der Waals surface area contributed by atoms with E-state index in [0.717, 1.165) is 9.91 Å². The molecule has 53 heavy (non-hydrogen) atoms. The molecule has 2 aliphatic carbocycles. The first-order valence-electron chi connectivity index (χ1n) is 16.8. The molecular weight excluding hydrogens is 707 g/mol. The zero-order chi connectivity index (χ0) is 37.3. The number of rotatable bonds is 7. The predicted octanol–water partition coefficient (Wildman–Crippen LogP) is 6.29. The number of benzene rings is 4. The fourth-order valence-corrected chi connectivity index (χ4v) is 9.02. The Labute approximate surface area is 306 Å². The van der Waals surface area contributed by atoms with E-state index < -0.39 is 69.4 Å². The minimum absolute atomic E-state index is 0.00750. The summed E-state index contributed by atoms with van der Waals surface area (Å²) in [6, 6.07) is 21.7. The highest BCUT2D eigenvalue weighted by Gasteiger charge is 2.70. The number of allylic oxidation sites excluding steroid dienone is 2. The summed E-state index contributed by atoms with van der Waals surface area (Å²) in [5.74, 6) is -7.16. The van der Waals surface area contributed by atoms with Crippen LogP contribution in [0.15, 0.2) is 103 Å². The summed E-state index contributed by atoms with van der Waals surface area (Å²) in [4.78, 5) is 70.1. The van der Waals surface area contributed by atoms with Crippen LogP contribution in [0.4, 0.5) is 21.5 Å². The van der Waals surface area contributed by atoms with Gasteiger partial charge in [0.2, 0.25) is 11.8 Å². The summed E-state index contributed by atoms with van der Waals surface area (Å²) in [5.41, 5.74) is 3.11. The molecule has 4 aromatic rings. The van der Waals surface area contributed by atoms with Gasteiger partial charge in [0.1, 0.15) is 5.82 Å². The number of aromatic hydroxyl groups is 1. The van der Waals surface area contributed by atoms with E-state index >= 15 is 4.79 Å². The van der Waals surface area contributed by atoms with Crippen LogP contribution in [-0.2, 0) is 24.6 Å². The van der Waals surface area contributed by atoms with Crippen LogP contribution in [-0.4, -0.2) is 45.8 Å². The molecule has 6 unspecified atom stereocenters. The summed E-state index contributed by atoms with van der Waals surface area (Å²) in [7, 11) is 1.40. The standard InChI is InChI=1S/C39H30ClFN4O8/c1-53-32-17-2-20(18-31(32)46)34-27-15-16-28-33(37(49)43(35(28)47)25-11-13-26(14-12-25)45(51)52)29(27)19-30-36(48)44(42-24-9-7-23(41)8-10-24)38(50)39(30,34)21-3-5-22(40)6-4-21/h2-15,17-18,28-30,33-34,42,46H,16,19H2,1H3. The van der Waals surface area contributed by atoms with Crippen molar-refractivity contribution in [2.24, 2.45) is 23.7 Å². The SMILES string of the molecule is COc1ccc(C2C3=CCC4C(=O)N(c5ccc([N+](=O)[O-])cc5)C(=O)C4C3CC3C(=O)N(Nc4ccc(F)cc4)C(=O)C32c2ccc(Cl)cc2)cc1O. The molecule has 14 heteroatoms. The highest BCUT2D eigenvalue weighted by atomic mass is 35.5. The van der Waals surface area contributed by atoms with Crippen molar-refractivity contribution >= 4 is 52.3 Å². The number of hydrogen-bond acceptors (Lipinski definition) is 9. The van der Waals surface area contributed by atoms with Crippen molar-refractivity contribution in [3.05, 3.63) is 135 Å². The van der Waals surface area contributed by atoms with Crippen molar-refractivity contribution in [3.63, 3.8) is 0 Å². The molecular formula is C39H30ClFN4O8. The first-order chi connectivity index (χ1) is 25.4. The van der Waals surface area contributed by atoms with E-state index in [9.17, 15) is 34.0 Å². The molecule has 0 radical (unpaired) electrons. The number of hydrogen-bond donors (Lipinski definition) is 2. The fraction of sp³-hybridized carbons (Fsp3) is 0.231. The van der Waals surface area contributed by atoms with Gasteiger partial charge < -0.3 is 9.84 Å². The number of halogens is 2. The minimum atomic E-state index is -1.63. The van der Waals surface area contributed by atoms with Gasteiger partial charge in [0.25, 0.3) is 17.5 Å². The number of hydrazine groups is 1. The van der Waals surface area contributed by atoms with Gasteiger partial charge in [-0.1, -0.05) is 41.4 Å². The number of non-ortho nitro benzene ring substituents is 1. The molecule has 1 saturated carbocycles. The Balaban J connectivity index is 1.31. The van der Waals surface area contributed by atoms with Gasteiger partial charge in [0.15, 0.2) is 11.5 Å². The summed E-state index contributed by atoms with van der Waals surface area (Å²) < 4.78 is 19.2. The lowest BCUT2D eigenvalue weighted by Crippen LogP contribution is -2.53. The lowest BCUT2D eigenvalue weighted by molar-refractivity contribution is -0.384. The molecule has 2 aliphatic heterocycles. The van der Waals surface area contributed by atoms with Crippen molar-refractivity contribution in [2.45, 2.75) is 24.2 Å². The number of fused-ring (bicyclic) bond motifs is 4. The largest absolute Gasteiger partial charge is 0.504 e. The Hall–Kier alpha value is -6.08. The number of carbonyl (C=O) groups excluding carboxylic acids is 4. The maximum absolute atomic E-state index is 15.2. The van der Waals surface area contributed by atoms with E-state index in [1.54, 1.807) is 36.4 Å². The quantitative estimate of drug-likeness (QED) is 0.0962. The Kier molecular flexibility index (Phi) is 8.06. The number of nitro groups is 1. The minimum Gasteiger partial charge on any atom is -0.504 e.